The van der Waals surface area contributed by atoms with Crippen molar-refractivity contribution in [3.8, 4) is 0 Å². The Bertz CT molecular complexity index is 265. The van der Waals surface area contributed by atoms with E-state index in [1.165, 1.54) is 6.07 Å². The molecule has 1 atom stereocenters. The van der Waals surface area contributed by atoms with Gasteiger partial charge in [0.15, 0.2) is 0 Å². The number of hydrogen-bond donors (Lipinski definition) is 1. The Hall–Kier alpha value is -0.540. The molecule has 1 unspecified atom stereocenters. The number of nitrogens with two attached hydrogens (primary N) is 1. The molecule has 1 rings (SSSR count). The highest BCUT2D eigenvalue weighted by Gasteiger charge is 2.09. The first-order chi connectivity index (χ1) is 6.25. The average molecular weight is 199 g/mol. The third-order valence-corrected chi connectivity index (χ3v) is 2.58. The normalized spacial score (nSPS) is 12.8. The zero-order valence-electron chi connectivity index (χ0n) is 7.66. The van der Waals surface area contributed by atoms with E-state index in [4.69, 9.17) is 5.73 Å². The van der Waals surface area contributed by atoms with E-state index in [9.17, 15) is 4.39 Å². The highest BCUT2D eigenvalue weighted by Crippen LogP contribution is 2.18. The van der Waals surface area contributed by atoms with Crippen LogP contribution in [-0.2, 0) is 0 Å². The van der Waals surface area contributed by atoms with Crippen LogP contribution in [0.3, 0.4) is 0 Å². The van der Waals surface area contributed by atoms with Gasteiger partial charge in [0, 0.05) is 11.6 Å². The van der Waals surface area contributed by atoms with Gasteiger partial charge >= 0.3 is 0 Å². The monoisotopic (exact) mass is 199 g/mol. The minimum Gasteiger partial charge on any atom is -0.324 e. The minimum atomic E-state index is -0.198. The van der Waals surface area contributed by atoms with Crippen LogP contribution in [0, 0.1) is 5.82 Å². The van der Waals surface area contributed by atoms with Crippen molar-refractivity contribution in [1.82, 2.24) is 0 Å². The molecule has 1 nitrogen and oxygen atoms in total. The molecule has 0 aromatic heterocycles. The van der Waals surface area contributed by atoms with Crippen molar-refractivity contribution >= 4 is 11.8 Å². The van der Waals surface area contributed by atoms with Crippen molar-refractivity contribution < 1.29 is 4.39 Å². The van der Waals surface area contributed by atoms with E-state index in [0.717, 1.165) is 12.2 Å². The van der Waals surface area contributed by atoms with Crippen LogP contribution in [0.1, 0.15) is 18.0 Å². The van der Waals surface area contributed by atoms with E-state index >= 15 is 0 Å². The van der Waals surface area contributed by atoms with Gasteiger partial charge in [0.2, 0.25) is 0 Å². The van der Waals surface area contributed by atoms with Crippen LogP contribution in [0.4, 0.5) is 4.39 Å². The average Bonchev–Trinajstić information content (AvgIpc) is 2.15. The van der Waals surface area contributed by atoms with Crippen molar-refractivity contribution in [3.63, 3.8) is 0 Å². The summed E-state index contributed by atoms with van der Waals surface area (Å²) in [6, 6.07) is 6.53. The first-order valence-electron chi connectivity index (χ1n) is 4.24. The molecular formula is C10H14FNS. The summed E-state index contributed by atoms with van der Waals surface area (Å²) in [5.74, 6) is 0.770. The van der Waals surface area contributed by atoms with Gasteiger partial charge < -0.3 is 5.73 Å². The van der Waals surface area contributed by atoms with Crippen LogP contribution in [0.2, 0.25) is 0 Å². The van der Waals surface area contributed by atoms with Gasteiger partial charge in [-0.25, -0.2) is 4.39 Å². The molecule has 0 fully saturated rings. The van der Waals surface area contributed by atoms with Crippen molar-refractivity contribution in [2.75, 3.05) is 12.0 Å². The van der Waals surface area contributed by atoms with Gasteiger partial charge in [-0.2, -0.15) is 11.8 Å². The molecule has 0 aliphatic rings. The second-order valence-electron chi connectivity index (χ2n) is 2.91. The molecule has 72 valence electrons. The van der Waals surface area contributed by atoms with E-state index in [-0.39, 0.29) is 11.9 Å². The first-order valence-corrected chi connectivity index (χ1v) is 5.64. The molecule has 1 aromatic rings. The Balaban J connectivity index is 2.65. The summed E-state index contributed by atoms with van der Waals surface area (Å²) >= 11 is 1.73. The Kier molecular flexibility index (Phi) is 4.25. The number of rotatable bonds is 4. The summed E-state index contributed by atoms with van der Waals surface area (Å²) in [6.45, 7) is 0. The lowest BCUT2D eigenvalue weighted by atomic mass is 10.1. The van der Waals surface area contributed by atoms with Gasteiger partial charge in [-0.3, -0.25) is 0 Å². The quantitative estimate of drug-likeness (QED) is 0.806. The second kappa shape index (κ2) is 5.25. The van der Waals surface area contributed by atoms with E-state index < -0.39 is 0 Å². The zero-order chi connectivity index (χ0) is 9.68. The van der Waals surface area contributed by atoms with Crippen LogP contribution >= 0.6 is 11.8 Å². The second-order valence-corrected chi connectivity index (χ2v) is 3.90. The van der Waals surface area contributed by atoms with E-state index in [1.54, 1.807) is 23.9 Å². The van der Waals surface area contributed by atoms with Gasteiger partial charge in [-0.15, -0.1) is 0 Å². The lowest BCUT2D eigenvalue weighted by Gasteiger charge is -2.11. The molecule has 0 aliphatic heterocycles. The molecule has 1 aromatic carbocycles. The van der Waals surface area contributed by atoms with Gasteiger partial charge in [0.05, 0.1) is 0 Å². The Morgan fingerprint density at radius 2 is 2.15 bits per heavy atom. The summed E-state index contributed by atoms with van der Waals surface area (Å²) < 4.78 is 13.2. The molecule has 0 amide bonds. The fraction of sp³-hybridized carbons (Fsp3) is 0.400. The molecule has 0 spiro atoms. The SMILES string of the molecule is CSCCC(N)c1ccccc1F. The Morgan fingerprint density at radius 1 is 1.46 bits per heavy atom. The molecule has 0 bridgehead atoms. The van der Waals surface area contributed by atoms with Crippen LogP contribution < -0.4 is 5.73 Å². The standard InChI is InChI=1S/C10H14FNS/c1-13-7-6-10(12)8-4-2-3-5-9(8)11/h2-5,10H,6-7,12H2,1H3. The van der Waals surface area contributed by atoms with E-state index in [1.807, 2.05) is 12.3 Å². The first kappa shape index (κ1) is 10.5. The number of thioether (sulfide) groups is 1. The molecular weight excluding hydrogens is 185 g/mol. The highest BCUT2D eigenvalue weighted by atomic mass is 32.2. The molecule has 0 saturated carbocycles. The molecule has 0 aliphatic carbocycles. The van der Waals surface area contributed by atoms with E-state index in [0.29, 0.717) is 5.56 Å². The summed E-state index contributed by atoms with van der Waals surface area (Å²) in [5, 5.41) is 0. The smallest absolute Gasteiger partial charge is 0.127 e. The topological polar surface area (TPSA) is 26.0 Å². The zero-order valence-corrected chi connectivity index (χ0v) is 8.48. The number of hydrogen-bond acceptors (Lipinski definition) is 2. The largest absolute Gasteiger partial charge is 0.324 e. The fourth-order valence-corrected chi connectivity index (χ4v) is 1.67. The van der Waals surface area contributed by atoms with E-state index in [2.05, 4.69) is 0 Å². The fourth-order valence-electron chi connectivity index (χ4n) is 1.18. The maximum absolute atomic E-state index is 13.2. The Labute approximate surface area is 82.5 Å². The van der Waals surface area contributed by atoms with Crippen LogP contribution in [0.5, 0.6) is 0 Å². The summed E-state index contributed by atoms with van der Waals surface area (Å²) in [7, 11) is 0. The molecule has 0 heterocycles. The molecule has 0 radical (unpaired) electrons. The maximum atomic E-state index is 13.2. The molecule has 3 heteroatoms. The van der Waals surface area contributed by atoms with Crippen LogP contribution in [-0.4, -0.2) is 12.0 Å². The van der Waals surface area contributed by atoms with Gasteiger partial charge in [0.25, 0.3) is 0 Å². The third kappa shape index (κ3) is 3.01. The van der Waals surface area contributed by atoms with Gasteiger partial charge in [-0.05, 0) is 24.5 Å². The Morgan fingerprint density at radius 3 is 2.77 bits per heavy atom. The molecule has 0 saturated heterocycles. The van der Waals surface area contributed by atoms with Crippen LogP contribution in [0.15, 0.2) is 24.3 Å². The van der Waals surface area contributed by atoms with Gasteiger partial charge in [0.1, 0.15) is 5.82 Å². The maximum Gasteiger partial charge on any atom is 0.127 e. The summed E-state index contributed by atoms with van der Waals surface area (Å²) in [4.78, 5) is 0. The lowest BCUT2D eigenvalue weighted by Crippen LogP contribution is -2.12. The number of halogens is 1. The van der Waals surface area contributed by atoms with Crippen molar-refractivity contribution in [2.45, 2.75) is 12.5 Å². The lowest BCUT2D eigenvalue weighted by molar-refractivity contribution is 0.577. The summed E-state index contributed by atoms with van der Waals surface area (Å²) in [6.07, 6.45) is 2.84. The predicted molar refractivity (Wildman–Crippen MR) is 56.3 cm³/mol. The van der Waals surface area contributed by atoms with Crippen molar-refractivity contribution in [2.24, 2.45) is 5.73 Å². The predicted octanol–water partition coefficient (Wildman–Crippen LogP) is 2.58. The number of benzene rings is 1. The molecule has 2 N–H and O–H groups in total. The molecule has 13 heavy (non-hydrogen) atoms. The highest BCUT2D eigenvalue weighted by molar-refractivity contribution is 7.98. The van der Waals surface area contributed by atoms with Crippen molar-refractivity contribution in [1.29, 1.82) is 0 Å². The van der Waals surface area contributed by atoms with Gasteiger partial charge in [-0.1, -0.05) is 18.2 Å². The van der Waals surface area contributed by atoms with Crippen LogP contribution in [0.25, 0.3) is 0 Å². The minimum absolute atomic E-state index is 0.173. The van der Waals surface area contributed by atoms with Crippen molar-refractivity contribution in [3.05, 3.63) is 35.6 Å². The third-order valence-electron chi connectivity index (χ3n) is 1.94. The summed E-state index contributed by atoms with van der Waals surface area (Å²) in [5.41, 5.74) is 6.45.